The van der Waals surface area contributed by atoms with E-state index in [0.717, 1.165) is 11.4 Å². The number of hydrogen-bond acceptors (Lipinski definition) is 6. The molecule has 4 rings (SSSR count). The van der Waals surface area contributed by atoms with Crippen molar-refractivity contribution in [2.24, 2.45) is 0 Å². The zero-order chi connectivity index (χ0) is 23.9. The van der Waals surface area contributed by atoms with E-state index in [4.69, 9.17) is 9.72 Å². The summed E-state index contributed by atoms with van der Waals surface area (Å²) in [6, 6.07) is 14.5. The number of amides is 2. The Kier molecular flexibility index (Phi) is 7.81. The number of carbonyl (C=O) groups is 1. The van der Waals surface area contributed by atoms with Gasteiger partial charge in [0.1, 0.15) is 11.6 Å². The average molecular weight is 484 g/mol. The Bertz CT molecular complexity index is 1150. The first-order chi connectivity index (χ1) is 16.5. The van der Waals surface area contributed by atoms with Gasteiger partial charge in [-0.05, 0) is 55.5 Å². The Hall–Kier alpha value is -3.37. The highest BCUT2D eigenvalue weighted by Gasteiger charge is 2.17. The van der Waals surface area contributed by atoms with Crippen LogP contribution in [-0.2, 0) is 21.3 Å². The first kappa shape index (κ1) is 23.8. The topological polar surface area (TPSA) is 96.5 Å². The smallest absolute Gasteiger partial charge is 0.319 e. The fraction of sp³-hybridized carbons (Fsp3) is 0.292. The van der Waals surface area contributed by atoms with E-state index in [1.165, 1.54) is 24.3 Å². The highest BCUT2D eigenvalue weighted by Crippen LogP contribution is 2.24. The molecule has 1 aliphatic rings. The van der Waals surface area contributed by atoms with Gasteiger partial charge in [0.2, 0.25) is 0 Å². The van der Waals surface area contributed by atoms with Crippen LogP contribution in [0, 0.1) is 5.82 Å². The molecule has 1 unspecified atom stereocenters. The van der Waals surface area contributed by atoms with Gasteiger partial charge >= 0.3 is 6.03 Å². The predicted molar refractivity (Wildman–Crippen MR) is 130 cm³/mol. The molecule has 1 saturated heterocycles. The maximum atomic E-state index is 13.3. The molecule has 2 amide bonds. The summed E-state index contributed by atoms with van der Waals surface area (Å²) in [5.74, 6) is 1.04. The molecule has 2 N–H and O–H groups in total. The summed E-state index contributed by atoms with van der Waals surface area (Å²) in [6.45, 7) is 5.00. The van der Waals surface area contributed by atoms with E-state index in [1.807, 2.05) is 25.1 Å². The summed E-state index contributed by atoms with van der Waals surface area (Å²) in [7, 11) is -1.39. The van der Waals surface area contributed by atoms with Crippen LogP contribution in [0.25, 0.3) is 11.4 Å². The lowest BCUT2D eigenvalue weighted by Crippen LogP contribution is -2.37. The van der Waals surface area contributed by atoms with Gasteiger partial charge in [0.05, 0.1) is 35.5 Å². The van der Waals surface area contributed by atoms with Crippen molar-refractivity contribution in [1.29, 1.82) is 0 Å². The Morgan fingerprint density at radius 3 is 2.47 bits per heavy atom. The van der Waals surface area contributed by atoms with E-state index in [1.54, 1.807) is 12.1 Å². The number of carbonyl (C=O) groups excluding carboxylic acids is 1. The van der Waals surface area contributed by atoms with Crippen LogP contribution in [0.2, 0.25) is 0 Å². The highest BCUT2D eigenvalue weighted by molar-refractivity contribution is 7.84. The lowest BCUT2D eigenvalue weighted by atomic mass is 10.2. The predicted octanol–water partition coefficient (Wildman–Crippen LogP) is 3.57. The van der Waals surface area contributed by atoms with Crippen LogP contribution in [-0.4, -0.2) is 53.1 Å². The van der Waals surface area contributed by atoms with E-state index in [2.05, 4.69) is 20.5 Å². The number of halogens is 1. The molecular weight excluding hydrogens is 457 g/mol. The molecular formula is C24H26FN5O3S. The van der Waals surface area contributed by atoms with E-state index in [9.17, 15) is 13.4 Å². The molecule has 2 heterocycles. The summed E-state index contributed by atoms with van der Waals surface area (Å²) in [6.07, 6.45) is 0. The van der Waals surface area contributed by atoms with Crippen LogP contribution in [0.4, 0.5) is 20.7 Å². The number of nitrogens with one attached hydrogen (secondary N) is 2. The van der Waals surface area contributed by atoms with E-state index in [-0.39, 0.29) is 17.6 Å². The third kappa shape index (κ3) is 6.15. The van der Waals surface area contributed by atoms with Gasteiger partial charge in [-0.2, -0.15) is 0 Å². The monoisotopic (exact) mass is 483 g/mol. The normalized spacial score (nSPS) is 14.5. The Labute approximate surface area is 200 Å². The lowest BCUT2D eigenvalue weighted by molar-refractivity contribution is 0.122. The third-order valence-electron chi connectivity index (χ3n) is 5.19. The maximum Gasteiger partial charge on any atom is 0.319 e. The number of anilines is 2. The standard InChI is InChI=1S/C24H26FN5O3S/c1-2-26-24(31)28-19-7-3-17(4-8-19)23-27-20(15-22(29-23)30-11-13-33-14-12-30)16-34(32)21-9-5-18(25)6-10-21/h3-10,15H,2,11-14,16H2,1H3,(H2,26,28,31). The number of morpholine rings is 1. The minimum atomic E-state index is -1.39. The molecule has 8 nitrogen and oxygen atoms in total. The first-order valence-electron chi connectivity index (χ1n) is 11.0. The van der Waals surface area contributed by atoms with Crippen molar-refractivity contribution < 1.29 is 18.1 Å². The minimum Gasteiger partial charge on any atom is -0.378 e. The summed E-state index contributed by atoms with van der Waals surface area (Å²) in [4.78, 5) is 23.8. The molecule has 0 saturated carbocycles. The molecule has 0 radical (unpaired) electrons. The molecule has 0 spiro atoms. The van der Waals surface area contributed by atoms with Gasteiger partial charge in [-0.25, -0.2) is 19.2 Å². The van der Waals surface area contributed by atoms with Crippen LogP contribution in [0.1, 0.15) is 12.6 Å². The quantitative estimate of drug-likeness (QED) is 0.533. The Morgan fingerprint density at radius 2 is 1.79 bits per heavy atom. The second-order valence-corrected chi connectivity index (χ2v) is 9.10. The number of aromatic nitrogens is 2. The second kappa shape index (κ2) is 11.2. The molecule has 1 aromatic heterocycles. The maximum absolute atomic E-state index is 13.3. The fourth-order valence-corrected chi connectivity index (χ4v) is 4.51. The number of ether oxygens (including phenoxy) is 1. The van der Waals surface area contributed by atoms with Crippen LogP contribution in [0.15, 0.2) is 59.5 Å². The molecule has 1 aliphatic heterocycles. The number of urea groups is 1. The van der Waals surface area contributed by atoms with Crippen molar-refractivity contribution in [2.45, 2.75) is 17.6 Å². The highest BCUT2D eigenvalue weighted by atomic mass is 32.2. The van der Waals surface area contributed by atoms with E-state index >= 15 is 0 Å². The Balaban J connectivity index is 1.61. The summed E-state index contributed by atoms with van der Waals surface area (Å²) < 4.78 is 31.6. The zero-order valence-corrected chi connectivity index (χ0v) is 19.6. The molecule has 34 heavy (non-hydrogen) atoms. The van der Waals surface area contributed by atoms with Crippen LogP contribution in [0.5, 0.6) is 0 Å². The average Bonchev–Trinajstić information content (AvgIpc) is 2.85. The molecule has 1 atom stereocenters. The van der Waals surface area contributed by atoms with Crippen molar-refractivity contribution in [3.63, 3.8) is 0 Å². The minimum absolute atomic E-state index is 0.176. The van der Waals surface area contributed by atoms with Crippen molar-refractivity contribution in [3.05, 3.63) is 66.1 Å². The Morgan fingerprint density at radius 1 is 1.09 bits per heavy atom. The van der Waals surface area contributed by atoms with Gasteiger partial charge in [-0.3, -0.25) is 4.21 Å². The number of rotatable bonds is 7. The number of hydrogen-bond donors (Lipinski definition) is 2. The van der Waals surface area contributed by atoms with Gasteiger partial charge in [-0.1, -0.05) is 0 Å². The van der Waals surface area contributed by atoms with E-state index in [0.29, 0.717) is 54.9 Å². The molecule has 0 aliphatic carbocycles. The van der Waals surface area contributed by atoms with Crippen LogP contribution < -0.4 is 15.5 Å². The zero-order valence-electron chi connectivity index (χ0n) is 18.8. The van der Waals surface area contributed by atoms with Gasteiger partial charge < -0.3 is 20.3 Å². The van der Waals surface area contributed by atoms with E-state index < -0.39 is 10.8 Å². The number of nitrogens with zero attached hydrogens (tertiary/aromatic N) is 3. The van der Waals surface area contributed by atoms with Gasteiger partial charge in [0.15, 0.2) is 5.82 Å². The van der Waals surface area contributed by atoms with Crippen molar-refractivity contribution in [2.75, 3.05) is 43.1 Å². The summed E-state index contributed by atoms with van der Waals surface area (Å²) >= 11 is 0. The largest absolute Gasteiger partial charge is 0.378 e. The molecule has 1 fully saturated rings. The summed E-state index contributed by atoms with van der Waals surface area (Å²) in [5.41, 5.74) is 2.04. The van der Waals surface area contributed by atoms with Crippen molar-refractivity contribution in [1.82, 2.24) is 15.3 Å². The van der Waals surface area contributed by atoms with Gasteiger partial charge in [0, 0.05) is 41.8 Å². The van der Waals surface area contributed by atoms with Crippen LogP contribution in [0.3, 0.4) is 0 Å². The third-order valence-corrected chi connectivity index (χ3v) is 6.55. The SMILES string of the molecule is CCNC(=O)Nc1ccc(-c2nc(CS(=O)c3ccc(F)cc3)cc(N3CCOCC3)n2)cc1. The molecule has 10 heteroatoms. The second-order valence-electron chi connectivity index (χ2n) is 7.65. The first-order valence-corrected chi connectivity index (χ1v) is 12.3. The van der Waals surface area contributed by atoms with Crippen molar-refractivity contribution in [3.8, 4) is 11.4 Å². The molecule has 3 aromatic rings. The lowest BCUT2D eigenvalue weighted by Gasteiger charge is -2.28. The number of benzene rings is 2. The molecule has 2 aromatic carbocycles. The van der Waals surface area contributed by atoms with Crippen molar-refractivity contribution >= 4 is 28.3 Å². The van der Waals surface area contributed by atoms with Gasteiger partial charge in [-0.15, -0.1) is 0 Å². The van der Waals surface area contributed by atoms with Crippen LogP contribution >= 0.6 is 0 Å². The van der Waals surface area contributed by atoms with Gasteiger partial charge in [0.25, 0.3) is 0 Å². The molecule has 178 valence electrons. The summed E-state index contributed by atoms with van der Waals surface area (Å²) in [5, 5.41) is 5.45. The fourth-order valence-electron chi connectivity index (χ4n) is 3.48. The molecule has 0 bridgehead atoms.